The Labute approximate surface area is 206 Å². The van der Waals surface area contributed by atoms with Crippen molar-refractivity contribution >= 4 is 35.2 Å². The SMILES string of the molecule is CCCC(C)NC(=O)C1N(CCCCO)C(=O)[C@@H]2[C@H](C(=O)Nc3ccccc3)[C@@H]3CC(C)C12S3. The predicted molar refractivity (Wildman–Crippen MR) is 134 cm³/mol. The van der Waals surface area contributed by atoms with E-state index in [1.54, 1.807) is 16.7 Å². The van der Waals surface area contributed by atoms with E-state index >= 15 is 0 Å². The molecular weight excluding hydrogens is 450 g/mol. The van der Waals surface area contributed by atoms with Crippen LogP contribution >= 0.6 is 11.8 Å². The van der Waals surface area contributed by atoms with E-state index in [9.17, 15) is 19.5 Å². The van der Waals surface area contributed by atoms with Gasteiger partial charge in [0, 0.05) is 30.1 Å². The summed E-state index contributed by atoms with van der Waals surface area (Å²) in [6.45, 7) is 6.69. The molecule has 3 aliphatic heterocycles. The van der Waals surface area contributed by atoms with Gasteiger partial charge in [0.2, 0.25) is 17.7 Å². The molecular formula is C26H37N3O4S. The second-order valence-electron chi connectivity index (χ2n) is 10.1. The van der Waals surface area contributed by atoms with Crippen LogP contribution in [0.2, 0.25) is 0 Å². The molecule has 0 saturated carbocycles. The third kappa shape index (κ3) is 4.24. The van der Waals surface area contributed by atoms with Crippen LogP contribution in [-0.2, 0) is 14.4 Å². The Morgan fingerprint density at radius 2 is 1.97 bits per heavy atom. The zero-order chi connectivity index (χ0) is 24.5. The van der Waals surface area contributed by atoms with Crippen molar-refractivity contribution in [2.45, 2.75) is 75.0 Å². The van der Waals surface area contributed by atoms with E-state index in [4.69, 9.17) is 0 Å². The summed E-state index contributed by atoms with van der Waals surface area (Å²) in [5.74, 6) is -1.15. The maximum absolute atomic E-state index is 13.9. The highest BCUT2D eigenvalue weighted by Crippen LogP contribution is 2.68. The number of nitrogens with one attached hydrogen (secondary N) is 2. The Bertz CT molecular complexity index is 913. The topological polar surface area (TPSA) is 98.7 Å². The number of thioether (sulfide) groups is 1. The Morgan fingerprint density at radius 3 is 2.65 bits per heavy atom. The van der Waals surface area contributed by atoms with Crippen molar-refractivity contribution in [2.75, 3.05) is 18.5 Å². The molecule has 3 heterocycles. The fourth-order valence-electron chi connectivity index (χ4n) is 6.33. The summed E-state index contributed by atoms with van der Waals surface area (Å²) in [4.78, 5) is 42.8. The maximum atomic E-state index is 13.9. The summed E-state index contributed by atoms with van der Waals surface area (Å²) in [6, 6.07) is 8.76. The van der Waals surface area contributed by atoms with Crippen molar-refractivity contribution in [2.24, 2.45) is 17.8 Å². The zero-order valence-electron chi connectivity index (χ0n) is 20.3. The van der Waals surface area contributed by atoms with Gasteiger partial charge in [-0.1, -0.05) is 38.5 Å². The quantitative estimate of drug-likeness (QED) is 0.441. The number of para-hydroxylation sites is 1. The van der Waals surface area contributed by atoms with E-state index in [1.165, 1.54) is 0 Å². The summed E-state index contributed by atoms with van der Waals surface area (Å²) in [5.41, 5.74) is 0.718. The Balaban J connectivity index is 1.65. The predicted octanol–water partition coefficient (Wildman–Crippen LogP) is 3.04. The van der Waals surface area contributed by atoms with Crippen molar-refractivity contribution in [1.29, 1.82) is 0 Å². The number of fused-ring (bicyclic) bond motifs is 1. The van der Waals surface area contributed by atoms with Crippen LogP contribution in [0.5, 0.6) is 0 Å². The number of nitrogens with zero attached hydrogens (tertiary/aromatic N) is 1. The third-order valence-corrected chi connectivity index (χ3v) is 9.83. The molecule has 1 aromatic carbocycles. The molecule has 0 radical (unpaired) electrons. The van der Waals surface area contributed by atoms with Gasteiger partial charge < -0.3 is 20.6 Å². The molecule has 0 aromatic heterocycles. The highest BCUT2D eigenvalue weighted by Gasteiger charge is 2.75. The molecule has 186 valence electrons. The number of aliphatic hydroxyl groups excluding tert-OH is 1. The van der Waals surface area contributed by atoms with Crippen molar-refractivity contribution in [3.05, 3.63) is 30.3 Å². The van der Waals surface area contributed by atoms with Crippen molar-refractivity contribution in [1.82, 2.24) is 10.2 Å². The summed E-state index contributed by atoms with van der Waals surface area (Å²) < 4.78 is -0.602. The van der Waals surface area contributed by atoms with Gasteiger partial charge in [-0.3, -0.25) is 14.4 Å². The summed E-state index contributed by atoms with van der Waals surface area (Å²) in [6.07, 6.45) is 3.86. The van der Waals surface area contributed by atoms with Gasteiger partial charge in [-0.2, -0.15) is 0 Å². The Hall–Kier alpha value is -2.06. The molecule has 3 fully saturated rings. The fourth-order valence-corrected chi connectivity index (χ4v) is 8.75. The fraction of sp³-hybridized carbons (Fsp3) is 0.654. The van der Waals surface area contributed by atoms with Gasteiger partial charge >= 0.3 is 0 Å². The molecule has 2 bridgehead atoms. The monoisotopic (exact) mass is 487 g/mol. The van der Waals surface area contributed by atoms with Gasteiger partial charge in [0.1, 0.15) is 6.04 Å². The lowest BCUT2D eigenvalue weighted by atomic mass is 9.65. The number of carbonyl (C=O) groups excluding carboxylic acids is 3. The van der Waals surface area contributed by atoms with Gasteiger partial charge in [-0.25, -0.2) is 0 Å². The zero-order valence-corrected chi connectivity index (χ0v) is 21.1. The van der Waals surface area contributed by atoms with Crippen LogP contribution in [0.15, 0.2) is 30.3 Å². The molecule has 7 nitrogen and oxygen atoms in total. The van der Waals surface area contributed by atoms with Crippen LogP contribution in [0.1, 0.15) is 52.9 Å². The number of carbonyl (C=O) groups is 3. The number of rotatable bonds is 10. The van der Waals surface area contributed by atoms with Crippen molar-refractivity contribution < 1.29 is 19.5 Å². The summed E-state index contributed by atoms with van der Waals surface area (Å²) in [7, 11) is 0. The number of unbranched alkanes of at least 4 members (excludes halogenated alkanes) is 1. The first-order valence-electron chi connectivity index (χ1n) is 12.6. The Morgan fingerprint density at radius 1 is 1.24 bits per heavy atom. The van der Waals surface area contributed by atoms with E-state index in [0.29, 0.717) is 19.4 Å². The van der Waals surface area contributed by atoms with E-state index in [2.05, 4.69) is 24.5 Å². The van der Waals surface area contributed by atoms with Crippen LogP contribution in [0, 0.1) is 17.8 Å². The van der Waals surface area contributed by atoms with Gasteiger partial charge in [0.15, 0.2) is 0 Å². The molecule has 1 aromatic rings. The molecule has 4 unspecified atom stereocenters. The number of aliphatic hydroxyl groups is 1. The molecule has 1 spiro atoms. The number of amides is 3. The van der Waals surface area contributed by atoms with E-state index in [1.807, 2.05) is 37.3 Å². The molecule has 7 atom stereocenters. The lowest BCUT2D eigenvalue weighted by Gasteiger charge is -2.39. The second-order valence-corrected chi connectivity index (χ2v) is 11.6. The molecule has 34 heavy (non-hydrogen) atoms. The maximum Gasteiger partial charge on any atom is 0.244 e. The van der Waals surface area contributed by atoms with Gasteiger partial charge in [-0.15, -0.1) is 11.8 Å². The average Bonchev–Trinajstić information content (AvgIpc) is 3.38. The van der Waals surface area contributed by atoms with Crippen LogP contribution in [-0.4, -0.2) is 63.0 Å². The summed E-state index contributed by atoms with van der Waals surface area (Å²) >= 11 is 1.69. The van der Waals surface area contributed by atoms with E-state index in [-0.39, 0.29) is 41.5 Å². The first kappa shape index (κ1) is 25.0. The number of hydrogen-bond donors (Lipinski definition) is 3. The number of hydrogen-bond acceptors (Lipinski definition) is 5. The largest absolute Gasteiger partial charge is 0.396 e. The number of benzene rings is 1. The highest BCUT2D eigenvalue weighted by atomic mass is 32.2. The first-order chi connectivity index (χ1) is 16.3. The molecule has 3 saturated heterocycles. The molecule has 8 heteroatoms. The molecule has 3 amide bonds. The normalized spacial score (nSPS) is 32.5. The van der Waals surface area contributed by atoms with Crippen molar-refractivity contribution in [3.63, 3.8) is 0 Å². The van der Waals surface area contributed by atoms with Crippen LogP contribution in [0.4, 0.5) is 5.69 Å². The molecule has 3 aliphatic rings. The molecule has 0 aliphatic carbocycles. The number of likely N-dealkylation sites (tertiary alicyclic amines) is 1. The lowest BCUT2D eigenvalue weighted by molar-refractivity contribution is -0.139. The lowest BCUT2D eigenvalue weighted by Crippen LogP contribution is -2.57. The van der Waals surface area contributed by atoms with E-state index in [0.717, 1.165) is 24.9 Å². The van der Waals surface area contributed by atoms with Crippen LogP contribution < -0.4 is 10.6 Å². The van der Waals surface area contributed by atoms with E-state index < -0.39 is 22.6 Å². The third-order valence-electron chi connectivity index (χ3n) is 7.76. The first-order valence-corrected chi connectivity index (χ1v) is 13.5. The summed E-state index contributed by atoms with van der Waals surface area (Å²) in [5, 5.41) is 15.5. The smallest absolute Gasteiger partial charge is 0.244 e. The molecule has 4 rings (SSSR count). The average molecular weight is 488 g/mol. The minimum absolute atomic E-state index is 0.0237. The second kappa shape index (κ2) is 10.3. The van der Waals surface area contributed by atoms with Crippen LogP contribution in [0.25, 0.3) is 0 Å². The minimum atomic E-state index is -0.602. The molecule has 3 N–H and O–H groups in total. The van der Waals surface area contributed by atoms with Gasteiger partial charge in [-0.05, 0) is 50.7 Å². The highest BCUT2D eigenvalue weighted by molar-refractivity contribution is 8.02. The number of anilines is 1. The van der Waals surface area contributed by atoms with Gasteiger partial charge in [0.05, 0.1) is 16.6 Å². The minimum Gasteiger partial charge on any atom is -0.396 e. The van der Waals surface area contributed by atoms with Gasteiger partial charge in [0.25, 0.3) is 0 Å². The van der Waals surface area contributed by atoms with Crippen molar-refractivity contribution in [3.8, 4) is 0 Å². The standard InChI is InChI=1S/C26H37N3O4S/c1-4-10-17(3)27-24(32)22-26-16(2)15-19(34-26)20(23(31)28-18-11-6-5-7-12-18)21(26)25(33)29(22)13-8-9-14-30/h5-7,11-12,16-17,19-22,30H,4,8-10,13-15H2,1-3H3,(H,27,32)(H,28,31)/t16?,17?,19-,20+,21-,22?,26?/m0/s1. The Kier molecular flexibility index (Phi) is 7.57. The van der Waals surface area contributed by atoms with Crippen LogP contribution in [0.3, 0.4) is 0 Å².